The molecule has 168 valence electrons. The lowest BCUT2D eigenvalue weighted by atomic mass is 9.96. The van der Waals surface area contributed by atoms with Gasteiger partial charge in [-0.2, -0.15) is 4.91 Å². The van der Waals surface area contributed by atoms with Gasteiger partial charge in [-0.15, -0.1) is 0 Å². The number of carbonyl (C=O) groups is 1. The van der Waals surface area contributed by atoms with E-state index in [0.29, 0.717) is 13.1 Å². The van der Waals surface area contributed by atoms with E-state index in [-0.39, 0.29) is 24.2 Å². The van der Waals surface area contributed by atoms with Crippen LogP contribution in [0.1, 0.15) is 62.6 Å². The zero-order chi connectivity index (χ0) is 22.8. The summed E-state index contributed by atoms with van der Waals surface area (Å²) in [6, 6.07) is 11.7. The van der Waals surface area contributed by atoms with Gasteiger partial charge in [0.25, 0.3) is 0 Å². The molecule has 2 heterocycles. The SMILES string of the molecule is Cc1cc(-c2ccc3oc(C4CCN(C(=O)OC(C)C)CC4)nc3c2)ccc1C(C)N=O. The Kier molecular flexibility index (Phi) is 6.26. The highest BCUT2D eigenvalue weighted by molar-refractivity contribution is 5.80. The lowest BCUT2D eigenvalue weighted by molar-refractivity contribution is 0.0681. The van der Waals surface area contributed by atoms with Crippen LogP contribution < -0.4 is 0 Å². The molecule has 3 aromatic rings. The van der Waals surface area contributed by atoms with Crippen LogP contribution in [0.4, 0.5) is 4.79 Å². The van der Waals surface area contributed by atoms with Crippen LogP contribution in [-0.2, 0) is 4.74 Å². The molecule has 0 bridgehead atoms. The fourth-order valence-electron chi connectivity index (χ4n) is 4.27. The Labute approximate surface area is 187 Å². The molecule has 0 radical (unpaired) electrons. The van der Waals surface area contributed by atoms with Gasteiger partial charge in [0.05, 0.1) is 6.10 Å². The number of nitrogens with zero attached hydrogens (tertiary/aromatic N) is 3. The Morgan fingerprint density at radius 1 is 1.12 bits per heavy atom. The summed E-state index contributed by atoms with van der Waals surface area (Å²) in [6.07, 6.45) is 1.24. The van der Waals surface area contributed by atoms with Crippen molar-refractivity contribution in [3.8, 4) is 11.1 Å². The van der Waals surface area contributed by atoms with Crippen LogP contribution in [0, 0.1) is 11.8 Å². The monoisotopic (exact) mass is 435 g/mol. The van der Waals surface area contributed by atoms with E-state index in [4.69, 9.17) is 14.1 Å². The normalized spacial score (nSPS) is 15.8. The minimum atomic E-state index is -0.358. The van der Waals surface area contributed by atoms with Crippen molar-refractivity contribution in [1.82, 2.24) is 9.88 Å². The first-order valence-electron chi connectivity index (χ1n) is 11.1. The number of aryl methyl sites for hydroxylation is 1. The van der Waals surface area contributed by atoms with Crippen LogP contribution in [-0.4, -0.2) is 35.2 Å². The van der Waals surface area contributed by atoms with Crippen LogP contribution >= 0.6 is 0 Å². The first-order valence-corrected chi connectivity index (χ1v) is 11.1. The van der Waals surface area contributed by atoms with Crippen molar-refractivity contribution in [2.75, 3.05) is 13.1 Å². The number of aromatic nitrogens is 1. The number of likely N-dealkylation sites (tertiary alicyclic amines) is 1. The maximum Gasteiger partial charge on any atom is 0.410 e. The fraction of sp³-hybridized carbons (Fsp3) is 0.440. The zero-order valence-electron chi connectivity index (χ0n) is 19.0. The quantitative estimate of drug-likeness (QED) is 0.436. The molecule has 1 aliphatic rings. The number of fused-ring (bicyclic) bond motifs is 1. The van der Waals surface area contributed by atoms with Crippen molar-refractivity contribution in [2.24, 2.45) is 5.18 Å². The number of ether oxygens (including phenoxy) is 1. The molecule has 4 rings (SSSR count). The summed E-state index contributed by atoms with van der Waals surface area (Å²) < 4.78 is 11.4. The third kappa shape index (κ3) is 4.52. The lowest BCUT2D eigenvalue weighted by Gasteiger charge is -2.30. The highest BCUT2D eigenvalue weighted by Gasteiger charge is 2.28. The molecule has 1 aliphatic heterocycles. The number of hydrogen-bond acceptors (Lipinski definition) is 6. The number of hydrogen-bond donors (Lipinski definition) is 0. The molecule has 1 unspecified atom stereocenters. The fourth-order valence-corrected chi connectivity index (χ4v) is 4.27. The van der Waals surface area contributed by atoms with Crippen molar-refractivity contribution >= 4 is 17.2 Å². The number of nitroso groups, excluding NO2 is 1. The van der Waals surface area contributed by atoms with Gasteiger partial charge in [0.1, 0.15) is 11.6 Å². The van der Waals surface area contributed by atoms with Gasteiger partial charge in [0.15, 0.2) is 11.5 Å². The number of piperidine rings is 1. The van der Waals surface area contributed by atoms with Crippen molar-refractivity contribution in [1.29, 1.82) is 0 Å². The maximum absolute atomic E-state index is 12.1. The van der Waals surface area contributed by atoms with Gasteiger partial charge < -0.3 is 14.1 Å². The Morgan fingerprint density at radius 2 is 1.81 bits per heavy atom. The predicted octanol–water partition coefficient (Wildman–Crippen LogP) is 6.36. The van der Waals surface area contributed by atoms with Gasteiger partial charge in [0, 0.05) is 19.0 Å². The Morgan fingerprint density at radius 3 is 2.47 bits per heavy atom. The molecule has 1 aromatic heterocycles. The second-order valence-corrected chi connectivity index (χ2v) is 8.78. The molecular weight excluding hydrogens is 406 g/mol. The molecular formula is C25H29N3O4. The maximum atomic E-state index is 12.1. The summed E-state index contributed by atoms with van der Waals surface area (Å²) in [5.41, 5.74) is 5.68. The van der Waals surface area contributed by atoms with Crippen LogP contribution in [0.15, 0.2) is 46.0 Å². The van der Waals surface area contributed by atoms with Gasteiger partial charge in [0.2, 0.25) is 0 Å². The topological polar surface area (TPSA) is 85.0 Å². The molecule has 7 heteroatoms. The smallest absolute Gasteiger partial charge is 0.410 e. The number of carbonyl (C=O) groups excluding carboxylic acids is 1. The van der Waals surface area contributed by atoms with E-state index in [0.717, 1.165) is 52.1 Å². The van der Waals surface area contributed by atoms with E-state index in [9.17, 15) is 9.70 Å². The molecule has 0 spiro atoms. The molecule has 1 atom stereocenters. The predicted molar refractivity (Wildman–Crippen MR) is 124 cm³/mol. The number of oxazole rings is 1. The van der Waals surface area contributed by atoms with E-state index in [1.807, 2.05) is 51.1 Å². The molecule has 0 N–H and O–H groups in total. The molecule has 2 aromatic carbocycles. The number of amides is 1. The van der Waals surface area contributed by atoms with Gasteiger partial charge in [-0.05, 0) is 74.9 Å². The van der Waals surface area contributed by atoms with Crippen LogP contribution in [0.5, 0.6) is 0 Å². The Bertz CT molecular complexity index is 1130. The van der Waals surface area contributed by atoms with Gasteiger partial charge >= 0.3 is 6.09 Å². The zero-order valence-corrected chi connectivity index (χ0v) is 19.0. The highest BCUT2D eigenvalue weighted by Crippen LogP contribution is 2.33. The molecule has 1 amide bonds. The average molecular weight is 436 g/mol. The molecule has 0 saturated carbocycles. The lowest BCUT2D eigenvalue weighted by Crippen LogP contribution is -2.39. The summed E-state index contributed by atoms with van der Waals surface area (Å²) in [6.45, 7) is 8.79. The standard InChI is InChI=1S/C25H29N3O4/c1-15(2)31-25(29)28-11-9-18(10-12-28)24-26-22-14-20(6-8-23(22)32-24)19-5-7-21(16(3)13-19)17(4)27-30/h5-8,13-15,17-18H,9-12H2,1-4H3. The van der Waals surface area contributed by atoms with Crippen molar-refractivity contribution in [2.45, 2.75) is 58.6 Å². The molecule has 1 fully saturated rings. The van der Waals surface area contributed by atoms with E-state index in [1.165, 1.54) is 0 Å². The van der Waals surface area contributed by atoms with Gasteiger partial charge in [-0.25, -0.2) is 9.78 Å². The molecule has 1 saturated heterocycles. The third-order valence-corrected chi connectivity index (χ3v) is 6.05. The van der Waals surface area contributed by atoms with E-state index in [1.54, 1.807) is 11.8 Å². The second kappa shape index (κ2) is 9.10. The first-order chi connectivity index (χ1) is 15.4. The summed E-state index contributed by atoms with van der Waals surface area (Å²) >= 11 is 0. The molecule has 32 heavy (non-hydrogen) atoms. The van der Waals surface area contributed by atoms with E-state index in [2.05, 4.69) is 11.2 Å². The summed E-state index contributed by atoms with van der Waals surface area (Å²) in [5.74, 6) is 0.916. The number of benzene rings is 2. The minimum absolute atomic E-state index is 0.114. The van der Waals surface area contributed by atoms with Crippen molar-refractivity contribution in [3.63, 3.8) is 0 Å². The van der Waals surface area contributed by atoms with Crippen LogP contribution in [0.25, 0.3) is 22.2 Å². The summed E-state index contributed by atoms with van der Waals surface area (Å²) in [4.78, 5) is 29.5. The van der Waals surface area contributed by atoms with Crippen molar-refractivity contribution < 1.29 is 13.9 Å². The highest BCUT2D eigenvalue weighted by atomic mass is 16.6. The Hall–Kier alpha value is -3.22. The molecule has 0 aliphatic carbocycles. The van der Waals surface area contributed by atoms with Gasteiger partial charge in [-0.1, -0.05) is 29.4 Å². The molecule has 7 nitrogen and oxygen atoms in total. The third-order valence-electron chi connectivity index (χ3n) is 6.05. The second-order valence-electron chi connectivity index (χ2n) is 8.78. The van der Waals surface area contributed by atoms with E-state index >= 15 is 0 Å². The van der Waals surface area contributed by atoms with Crippen molar-refractivity contribution in [3.05, 3.63) is 58.3 Å². The number of rotatable bonds is 5. The largest absolute Gasteiger partial charge is 0.447 e. The van der Waals surface area contributed by atoms with Crippen LogP contribution in [0.2, 0.25) is 0 Å². The minimum Gasteiger partial charge on any atom is -0.447 e. The Balaban J connectivity index is 1.50. The van der Waals surface area contributed by atoms with E-state index < -0.39 is 0 Å². The van der Waals surface area contributed by atoms with Gasteiger partial charge in [-0.3, -0.25) is 0 Å². The summed E-state index contributed by atoms with van der Waals surface area (Å²) in [7, 11) is 0. The average Bonchev–Trinajstić information content (AvgIpc) is 3.21. The first kappa shape index (κ1) is 22.0. The van der Waals surface area contributed by atoms with Crippen LogP contribution in [0.3, 0.4) is 0 Å². The summed E-state index contributed by atoms with van der Waals surface area (Å²) in [5, 5.41) is 3.14.